The summed E-state index contributed by atoms with van der Waals surface area (Å²) in [4.78, 5) is 0. The van der Waals surface area contributed by atoms with Crippen LogP contribution in [0.1, 0.15) is 17.5 Å². The van der Waals surface area contributed by atoms with Gasteiger partial charge in [0.2, 0.25) is 0 Å². The van der Waals surface area contributed by atoms with E-state index in [9.17, 15) is 4.39 Å². The van der Waals surface area contributed by atoms with Gasteiger partial charge >= 0.3 is 0 Å². The van der Waals surface area contributed by atoms with E-state index in [1.807, 2.05) is 25.2 Å². The molecule has 0 amide bonds. The molecule has 0 aliphatic carbocycles. The first-order valence-corrected chi connectivity index (χ1v) is 8.13. The molecule has 2 aromatic rings. The van der Waals surface area contributed by atoms with E-state index in [1.54, 1.807) is 25.3 Å². The zero-order chi connectivity index (χ0) is 17.2. The van der Waals surface area contributed by atoms with Crippen molar-refractivity contribution in [2.45, 2.75) is 19.6 Å². The molecule has 2 aromatic carbocycles. The molecule has 0 aliphatic heterocycles. The quantitative estimate of drug-likeness (QED) is 0.588. The Balaban J connectivity index is 0.00000312. The van der Waals surface area contributed by atoms with E-state index in [1.165, 1.54) is 6.07 Å². The summed E-state index contributed by atoms with van der Waals surface area (Å²) in [7, 11) is 3.55. The number of hydrogen-bond acceptors (Lipinski definition) is 4. The Labute approximate surface area is 167 Å². The molecule has 0 bridgehead atoms. The first kappa shape index (κ1) is 24.5. The van der Waals surface area contributed by atoms with E-state index in [0.717, 1.165) is 25.1 Å². The molecule has 26 heavy (non-hydrogen) atoms. The lowest BCUT2D eigenvalue weighted by molar-refractivity contribution is 0.276. The number of halogens is 3. The van der Waals surface area contributed by atoms with Crippen molar-refractivity contribution in [1.29, 1.82) is 0 Å². The molecule has 4 nitrogen and oxygen atoms in total. The highest BCUT2D eigenvalue weighted by molar-refractivity contribution is 5.85. The Morgan fingerprint density at radius 1 is 0.962 bits per heavy atom. The lowest BCUT2D eigenvalue weighted by Crippen LogP contribution is -2.19. The molecule has 0 spiro atoms. The van der Waals surface area contributed by atoms with Crippen LogP contribution in [0.25, 0.3) is 0 Å². The Morgan fingerprint density at radius 3 is 2.38 bits per heavy atom. The number of ether oxygens (including phenoxy) is 2. The minimum absolute atomic E-state index is 0. The molecule has 2 N–H and O–H groups in total. The fraction of sp³-hybridized carbons (Fsp3) is 0.368. The van der Waals surface area contributed by atoms with Crippen LogP contribution in [0.2, 0.25) is 0 Å². The van der Waals surface area contributed by atoms with E-state index in [4.69, 9.17) is 9.47 Å². The third-order valence-electron chi connectivity index (χ3n) is 3.71. The van der Waals surface area contributed by atoms with Gasteiger partial charge in [0.25, 0.3) is 0 Å². The molecular formula is C19H27Cl2FN2O2. The van der Waals surface area contributed by atoms with Gasteiger partial charge in [-0.3, -0.25) is 0 Å². The van der Waals surface area contributed by atoms with Gasteiger partial charge < -0.3 is 20.1 Å². The Kier molecular flexibility index (Phi) is 12.8. The molecule has 0 saturated heterocycles. The molecule has 0 aliphatic rings. The topological polar surface area (TPSA) is 42.5 Å². The van der Waals surface area contributed by atoms with E-state index >= 15 is 0 Å². The van der Waals surface area contributed by atoms with Crippen molar-refractivity contribution in [2.75, 3.05) is 27.2 Å². The summed E-state index contributed by atoms with van der Waals surface area (Å²) in [6.07, 6.45) is 1.05. The van der Waals surface area contributed by atoms with Gasteiger partial charge in [0.1, 0.15) is 12.4 Å². The molecule has 7 heteroatoms. The van der Waals surface area contributed by atoms with E-state index in [2.05, 4.69) is 10.6 Å². The number of para-hydroxylation sites is 1. The predicted molar refractivity (Wildman–Crippen MR) is 108 cm³/mol. The van der Waals surface area contributed by atoms with Gasteiger partial charge in [0, 0.05) is 17.7 Å². The second-order valence-electron chi connectivity index (χ2n) is 5.46. The van der Waals surface area contributed by atoms with Crippen molar-refractivity contribution in [3.05, 3.63) is 59.4 Å². The second kappa shape index (κ2) is 13.6. The minimum Gasteiger partial charge on any atom is -0.493 e. The van der Waals surface area contributed by atoms with Crippen molar-refractivity contribution in [3.8, 4) is 11.5 Å². The van der Waals surface area contributed by atoms with E-state index in [0.29, 0.717) is 23.6 Å². The second-order valence-corrected chi connectivity index (χ2v) is 5.46. The van der Waals surface area contributed by atoms with Crippen LogP contribution in [0.5, 0.6) is 11.5 Å². The number of benzene rings is 2. The normalized spacial score (nSPS) is 9.81. The van der Waals surface area contributed by atoms with Gasteiger partial charge in [-0.25, -0.2) is 4.39 Å². The maximum atomic E-state index is 13.8. The fourth-order valence-electron chi connectivity index (χ4n) is 2.40. The van der Waals surface area contributed by atoms with Crippen LogP contribution in [-0.2, 0) is 13.2 Å². The Hall–Kier alpha value is -1.53. The monoisotopic (exact) mass is 404 g/mol. The fourth-order valence-corrected chi connectivity index (χ4v) is 2.40. The summed E-state index contributed by atoms with van der Waals surface area (Å²) < 4.78 is 25.0. The number of rotatable bonds is 10. The maximum Gasteiger partial charge on any atom is 0.166 e. The Morgan fingerprint density at radius 2 is 1.69 bits per heavy atom. The summed E-state index contributed by atoms with van der Waals surface area (Å²) >= 11 is 0. The van der Waals surface area contributed by atoms with Crippen LogP contribution < -0.4 is 20.1 Å². The molecule has 0 saturated carbocycles. The molecule has 0 atom stereocenters. The van der Waals surface area contributed by atoms with E-state index < -0.39 is 0 Å². The van der Waals surface area contributed by atoms with Crippen LogP contribution in [0, 0.1) is 5.82 Å². The molecule has 0 aromatic heterocycles. The molecule has 146 valence electrons. The third kappa shape index (κ3) is 7.38. The minimum atomic E-state index is -0.265. The Bertz CT molecular complexity index is 645. The van der Waals surface area contributed by atoms with E-state index in [-0.39, 0.29) is 37.2 Å². The number of methoxy groups -OCH3 is 1. The van der Waals surface area contributed by atoms with Crippen LogP contribution in [-0.4, -0.2) is 27.2 Å². The van der Waals surface area contributed by atoms with Gasteiger partial charge in [-0.05, 0) is 38.7 Å². The SMILES string of the molecule is CNCCCNCc1cccc(OC)c1OCc1ccccc1F.Cl.Cl. The standard InChI is InChI=1S/C19H25FN2O2.2ClH/c1-21-11-6-12-22-13-15-8-5-10-18(23-2)19(15)24-14-16-7-3-4-9-17(16)20;;/h3-5,7-10,21-22H,6,11-14H2,1-2H3;2*1H. The molecule has 0 fully saturated rings. The summed E-state index contributed by atoms with van der Waals surface area (Å²) in [5.74, 6) is 1.05. The average Bonchev–Trinajstić information content (AvgIpc) is 2.61. The third-order valence-corrected chi connectivity index (χ3v) is 3.71. The highest BCUT2D eigenvalue weighted by atomic mass is 35.5. The van der Waals surface area contributed by atoms with Crippen molar-refractivity contribution in [2.24, 2.45) is 0 Å². The van der Waals surface area contributed by atoms with Gasteiger partial charge in [0.05, 0.1) is 7.11 Å². The summed E-state index contributed by atoms with van der Waals surface area (Å²) in [5.41, 5.74) is 1.52. The van der Waals surface area contributed by atoms with Crippen LogP contribution in [0.15, 0.2) is 42.5 Å². The van der Waals surface area contributed by atoms with Gasteiger partial charge in [0.15, 0.2) is 11.5 Å². The van der Waals surface area contributed by atoms with Crippen LogP contribution >= 0.6 is 24.8 Å². The highest BCUT2D eigenvalue weighted by Gasteiger charge is 2.11. The van der Waals surface area contributed by atoms with Crippen LogP contribution in [0.3, 0.4) is 0 Å². The number of nitrogens with one attached hydrogen (secondary N) is 2. The first-order valence-electron chi connectivity index (χ1n) is 8.13. The summed E-state index contributed by atoms with van der Waals surface area (Å²) in [6.45, 7) is 2.72. The predicted octanol–water partition coefficient (Wildman–Crippen LogP) is 3.96. The lowest BCUT2D eigenvalue weighted by atomic mass is 10.1. The maximum absolute atomic E-state index is 13.8. The zero-order valence-corrected chi connectivity index (χ0v) is 16.7. The summed E-state index contributed by atoms with van der Waals surface area (Å²) in [5, 5.41) is 6.51. The lowest BCUT2D eigenvalue weighted by Gasteiger charge is -2.16. The van der Waals surface area contributed by atoms with Crippen molar-refractivity contribution in [3.63, 3.8) is 0 Å². The van der Waals surface area contributed by atoms with Crippen molar-refractivity contribution >= 4 is 24.8 Å². The average molecular weight is 405 g/mol. The number of hydrogen-bond donors (Lipinski definition) is 2. The highest BCUT2D eigenvalue weighted by Crippen LogP contribution is 2.32. The molecule has 0 heterocycles. The molecular weight excluding hydrogens is 378 g/mol. The zero-order valence-electron chi connectivity index (χ0n) is 15.1. The van der Waals surface area contributed by atoms with Crippen LogP contribution in [0.4, 0.5) is 4.39 Å². The summed E-state index contributed by atoms with van der Waals surface area (Å²) in [6, 6.07) is 12.4. The largest absolute Gasteiger partial charge is 0.493 e. The first-order chi connectivity index (χ1) is 11.8. The van der Waals surface area contributed by atoms with Gasteiger partial charge in [-0.2, -0.15) is 0 Å². The smallest absolute Gasteiger partial charge is 0.166 e. The van der Waals surface area contributed by atoms with Crippen molar-refractivity contribution in [1.82, 2.24) is 10.6 Å². The molecule has 0 radical (unpaired) electrons. The van der Waals surface area contributed by atoms with Gasteiger partial charge in [-0.15, -0.1) is 24.8 Å². The molecule has 0 unspecified atom stereocenters. The van der Waals surface area contributed by atoms with Gasteiger partial charge in [-0.1, -0.05) is 30.3 Å². The van der Waals surface area contributed by atoms with Crippen molar-refractivity contribution < 1.29 is 13.9 Å². The molecule has 2 rings (SSSR count).